The maximum atomic E-state index is 13.8. The molecule has 0 spiro atoms. The van der Waals surface area contributed by atoms with Gasteiger partial charge in [-0.15, -0.1) is 0 Å². The van der Waals surface area contributed by atoms with E-state index in [1.807, 2.05) is 26.0 Å². The van der Waals surface area contributed by atoms with E-state index in [2.05, 4.69) is 10.3 Å². The molecule has 1 amide bonds. The highest BCUT2D eigenvalue weighted by Crippen LogP contribution is 2.42. The van der Waals surface area contributed by atoms with Gasteiger partial charge < -0.3 is 19.5 Å². The molecule has 6 nitrogen and oxygen atoms in total. The lowest BCUT2D eigenvalue weighted by Gasteiger charge is -2.17. The van der Waals surface area contributed by atoms with Crippen molar-refractivity contribution >= 4 is 12.0 Å². The topological polar surface area (TPSA) is 69.2 Å². The van der Waals surface area contributed by atoms with Crippen molar-refractivity contribution in [2.24, 2.45) is 4.99 Å². The predicted molar refractivity (Wildman–Crippen MR) is 110 cm³/mol. The summed E-state index contributed by atoms with van der Waals surface area (Å²) in [5.41, 5.74) is 0.973. The first-order valence-electron chi connectivity index (χ1n) is 10.1. The summed E-state index contributed by atoms with van der Waals surface area (Å²) in [5, 5.41) is 2.71. The fourth-order valence-electron chi connectivity index (χ4n) is 3.61. The number of rotatable bonds is 4. The van der Waals surface area contributed by atoms with Gasteiger partial charge in [-0.2, -0.15) is 4.99 Å². The normalized spacial score (nSPS) is 19.7. The number of nitrogens with one attached hydrogen (secondary N) is 1. The third-order valence-electron chi connectivity index (χ3n) is 5.34. The van der Waals surface area contributed by atoms with Crippen LogP contribution in [0.1, 0.15) is 43.5 Å². The number of ether oxygens (including phenoxy) is 3. The number of amides is 1. The standard InChI is InChI=1S/C23H24F2N2O4/c1-12-16(24)8-15(9-17(12)25)13(2)26-21(28)18-11-29-22(27-18)30-19-7-5-6-14-10-23(3,4)31-20(14)19/h5-9,13,18H,10-11H2,1-4H3,(H,26,28). The number of carbonyl (C=O) groups is 1. The summed E-state index contributed by atoms with van der Waals surface area (Å²) in [4.78, 5) is 16.8. The molecule has 0 saturated carbocycles. The van der Waals surface area contributed by atoms with E-state index in [1.165, 1.54) is 19.1 Å². The summed E-state index contributed by atoms with van der Waals surface area (Å²) in [6, 6.07) is 6.58. The monoisotopic (exact) mass is 430 g/mol. The first-order chi connectivity index (χ1) is 14.6. The molecule has 0 radical (unpaired) electrons. The quantitative estimate of drug-likeness (QED) is 0.796. The SMILES string of the molecule is Cc1c(F)cc(C(C)NC(=O)C2COC(Oc3cccc4c3OC(C)(C)C4)=N2)cc1F. The van der Waals surface area contributed by atoms with Crippen molar-refractivity contribution in [1.82, 2.24) is 5.32 Å². The number of hydrogen-bond donors (Lipinski definition) is 1. The Kier molecular flexibility index (Phi) is 5.33. The summed E-state index contributed by atoms with van der Waals surface area (Å²) >= 11 is 0. The van der Waals surface area contributed by atoms with Gasteiger partial charge in [0.05, 0.1) is 6.04 Å². The van der Waals surface area contributed by atoms with Crippen LogP contribution in [0.4, 0.5) is 8.78 Å². The summed E-state index contributed by atoms with van der Waals surface area (Å²) in [7, 11) is 0. The first kappa shape index (κ1) is 21.1. The molecule has 0 fully saturated rings. The highest BCUT2D eigenvalue weighted by molar-refractivity contribution is 5.87. The van der Waals surface area contributed by atoms with Gasteiger partial charge in [-0.3, -0.25) is 4.79 Å². The predicted octanol–water partition coefficient (Wildman–Crippen LogP) is 4.00. The molecule has 0 saturated heterocycles. The lowest BCUT2D eigenvalue weighted by molar-refractivity contribution is -0.123. The maximum Gasteiger partial charge on any atom is 0.390 e. The molecule has 0 bridgehead atoms. The summed E-state index contributed by atoms with van der Waals surface area (Å²) in [6.45, 7) is 7.00. The molecule has 2 aliphatic rings. The van der Waals surface area contributed by atoms with Crippen LogP contribution >= 0.6 is 0 Å². The molecule has 2 aromatic rings. The van der Waals surface area contributed by atoms with Crippen LogP contribution in [-0.2, 0) is 16.0 Å². The second-order valence-electron chi connectivity index (χ2n) is 8.45. The van der Waals surface area contributed by atoms with Gasteiger partial charge in [-0.25, -0.2) is 8.78 Å². The minimum atomic E-state index is -0.827. The minimum Gasteiger partial charge on any atom is -0.483 e. The van der Waals surface area contributed by atoms with Crippen LogP contribution in [0.2, 0.25) is 0 Å². The van der Waals surface area contributed by atoms with E-state index in [-0.39, 0.29) is 23.9 Å². The van der Waals surface area contributed by atoms with Gasteiger partial charge in [-0.1, -0.05) is 12.1 Å². The smallest absolute Gasteiger partial charge is 0.390 e. The Morgan fingerprint density at radius 1 is 1.29 bits per heavy atom. The molecule has 31 heavy (non-hydrogen) atoms. The number of para-hydroxylation sites is 1. The number of benzene rings is 2. The van der Waals surface area contributed by atoms with Crippen molar-refractivity contribution in [1.29, 1.82) is 0 Å². The van der Waals surface area contributed by atoms with Crippen LogP contribution in [0.5, 0.6) is 11.5 Å². The van der Waals surface area contributed by atoms with E-state index in [4.69, 9.17) is 14.2 Å². The second-order valence-corrected chi connectivity index (χ2v) is 8.45. The molecular weight excluding hydrogens is 406 g/mol. The van der Waals surface area contributed by atoms with E-state index in [9.17, 15) is 13.6 Å². The Bertz CT molecular complexity index is 1040. The van der Waals surface area contributed by atoms with Crippen molar-refractivity contribution in [3.63, 3.8) is 0 Å². The van der Waals surface area contributed by atoms with Crippen LogP contribution in [0.25, 0.3) is 0 Å². The Morgan fingerprint density at radius 2 is 2.00 bits per heavy atom. The zero-order chi connectivity index (χ0) is 22.3. The molecular formula is C23H24F2N2O4. The van der Waals surface area contributed by atoms with Gasteiger partial charge >= 0.3 is 6.08 Å². The number of halogens is 2. The van der Waals surface area contributed by atoms with E-state index in [0.29, 0.717) is 17.1 Å². The maximum absolute atomic E-state index is 13.8. The number of aliphatic imine (C=N–C) groups is 1. The van der Waals surface area contributed by atoms with Gasteiger partial charge in [0.15, 0.2) is 17.5 Å². The lowest BCUT2D eigenvalue weighted by atomic mass is 10.0. The average Bonchev–Trinajstić information content (AvgIpc) is 3.29. The van der Waals surface area contributed by atoms with Crippen LogP contribution in [-0.4, -0.2) is 30.2 Å². The molecule has 2 atom stereocenters. The van der Waals surface area contributed by atoms with Gasteiger partial charge in [-0.05, 0) is 51.5 Å². The van der Waals surface area contributed by atoms with Gasteiger partial charge in [0.1, 0.15) is 23.8 Å². The summed E-state index contributed by atoms with van der Waals surface area (Å²) in [5.74, 6) is -0.627. The molecule has 0 aliphatic carbocycles. The number of carbonyl (C=O) groups excluding carboxylic acids is 1. The minimum absolute atomic E-state index is 0.00583. The lowest BCUT2D eigenvalue weighted by Crippen LogP contribution is -2.36. The number of nitrogens with zero attached hydrogens (tertiary/aromatic N) is 1. The summed E-state index contributed by atoms with van der Waals surface area (Å²) < 4.78 is 44.8. The van der Waals surface area contributed by atoms with E-state index in [0.717, 1.165) is 12.0 Å². The summed E-state index contributed by atoms with van der Waals surface area (Å²) in [6.07, 6.45) is 0.734. The third kappa shape index (κ3) is 4.33. The molecule has 2 aliphatic heterocycles. The Labute approximate surface area is 179 Å². The largest absolute Gasteiger partial charge is 0.483 e. The Morgan fingerprint density at radius 3 is 2.71 bits per heavy atom. The van der Waals surface area contributed by atoms with Gasteiger partial charge in [0.25, 0.3) is 0 Å². The Balaban J connectivity index is 1.42. The zero-order valence-electron chi connectivity index (χ0n) is 17.8. The fraction of sp³-hybridized carbons (Fsp3) is 0.391. The highest BCUT2D eigenvalue weighted by atomic mass is 19.1. The molecule has 2 aromatic carbocycles. The molecule has 8 heteroatoms. The van der Waals surface area contributed by atoms with Crippen LogP contribution in [0, 0.1) is 18.6 Å². The van der Waals surface area contributed by atoms with Crippen molar-refractivity contribution in [3.05, 3.63) is 58.7 Å². The third-order valence-corrected chi connectivity index (χ3v) is 5.34. The van der Waals surface area contributed by atoms with E-state index >= 15 is 0 Å². The van der Waals surface area contributed by atoms with Gasteiger partial charge in [0.2, 0.25) is 5.91 Å². The molecule has 1 N–H and O–H groups in total. The van der Waals surface area contributed by atoms with Crippen molar-refractivity contribution in [3.8, 4) is 11.5 Å². The first-order valence-corrected chi connectivity index (χ1v) is 10.1. The van der Waals surface area contributed by atoms with Crippen molar-refractivity contribution in [2.75, 3.05) is 6.61 Å². The second kappa shape index (κ2) is 7.83. The number of hydrogen-bond acceptors (Lipinski definition) is 5. The van der Waals surface area contributed by atoms with E-state index in [1.54, 1.807) is 13.0 Å². The average molecular weight is 430 g/mol. The Hall–Kier alpha value is -3.16. The van der Waals surface area contributed by atoms with E-state index < -0.39 is 29.6 Å². The van der Waals surface area contributed by atoms with Gasteiger partial charge in [0, 0.05) is 17.5 Å². The van der Waals surface area contributed by atoms with Crippen LogP contribution in [0.3, 0.4) is 0 Å². The molecule has 4 rings (SSSR count). The highest BCUT2D eigenvalue weighted by Gasteiger charge is 2.34. The van der Waals surface area contributed by atoms with Crippen LogP contribution < -0.4 is 14.8 Å². The van der Waals surface area contributed by atoms with Crippen molar-refractivity contribution in [2.45, 2.75) is 51.8 Å². The van der Waals surface area contributed by atoms with Crippen LogP contribution in [0.15, 0.2) is 35.3 Å². The molecule has 164 valence electrons. The molecule has 2 unspecified atom stereocenters. The zero-order valence-corrected chi connectivity index (χ0v) is 17.8. The molecule has 2 heterocycles. The van der Waals surface area contributed by atoms with Crippen molar-refractivity contribution < 1.29 is 27.8 Å². The molecule has 0 aromatic heterocycles. The fourth-order valence-corrected chi connectivity index (χ4v) is 3.61. The number of fused-ring (bicyclic) bond motifs is 1.